The van der Waals surface area contributed by atoms with Crippen LogP contribution in [-0.4, -0.2) is 39.6 Å². The van der Waals surface area contributed by atoms with Gasteiger partial charge in [-0.1, -0.05) is 29.8 Å². The van der Waals surface area contributed by atoms with Crippen molar-refractivity contribution in [3.05, 3.63) is 51.5 Å². The number of hydrogen-bond donors (Lipinski definition) is 1. The Hall–Kier alpha value is -2.38. The SMILES string of the molecule is Cc1nn(Cc2ccccc2Cl)c2sc(C(=O)N3CCCC(C(N)=O)C3)cc12. The van der Waals surface area contributed by atoms with E-state index in [4.69, 9.17) is 17.3 Å². The van der Waals surface area contributed by atoms with Crippen molar-refractivity contribution in [2.75, 3.05) is 13.1 Å². The van der Waals surface area contributed by atoms with Crippen LogP contribution in [0.25, 0.3) is 10.2 Å². The lowest BCUT2D eigenvalue weighted by molar-refractivity contribution is -0.123. The molecule has 1 aliphatic rings. The quantitative estimate of drug-likeness (QED) is 0.707. The molecule has 0 spiro atoms. The Morgan fingerprint density at radius 3 is 2.89 bits per heavy atom. The Morgan fingerprint density at radius 2 is 2.14 bits per heavy atom. The van der Waals surface area contributed by atoms with Crippen molar-refractivity contribution in [3.8, 4) is 0 Å². The molecule has 1 aromatic carbocycles. The Bertz CT molecular complexity index is 1060. The van der Waals surface area contributed by atoms with Crippen molar-refractivity contribution in [3.63, 3.8) is 0 Å². The first-order valence-electron chi connectivity index (χ1n) is 9.23. The highest BCUT2D eigenvalue weighted by Gasteiger charge is 2.29. The molecule has 1 saturated heterocycles. The summed E-state index contributed by atoms with van der Waals surface area (Å²) in [5.74, 6) is -0.638. The van der Waals surface area contributed by atoms with Crippen molar-refractivity contribution in [1.82, 2.24) is 14.7 Å². The molecule has 1 unspecified atom stereocenters. The molecule has 0 radical (unpaired) electrons. The van der Waals surface area contributed by atoms with Crippen LogP contribution in [0.15, 0.2) is 30.3 Å². The molecule has 1 fully saturated rings. The standard InChI is InChI=1S/C20H21ClN4O2S/c1-12-15-9-17(19(27)24-8-4-6-14(10-24)18(22)26)28-20(15)25(23-12)11-13-5-2-3-7-16(13)21/h2-3,5,7,9,14H,4,6,8,10-11H2,1H3,(H2,22,26). The highest BCUT2D eigenvalue weighted by atomic mass is 35.5. The number of amides is 2. The number of primary amides is 1. The predicted octanol–water partition coefficient (Wildman–Crippen LogP) is 3.45. The van der Waals surface area contributed by atoms with E-state index in [9.17, 15) is 9.59 Å². The lowest BCUT2D eigenvalue weighted by atomic mass is 9.97. The van der Waals surface area contributed by atoms with Crippen LogP contribution in [0.4, 0.5) is 0 Å². The maximum atomic E-state index is 13.0. The summed E-state index contributed by atoms with van der Waals surface area (Å²) in [6.45, 7) is 3.54. The van der Waals surface area contributed by atoms with Crippen molar-refractivity contribution in [2.45, 2.75) is 26.3 Å². The van der Waals surface area contributed by atoms with Gasteiger partial charge >= 0.3 is 0 Å². The zero-order valence-electron chi connectivity index (χ0n) is 15.5. The number of carbonyl (C=O) groups excluding carboxylic acids is 2. The number of thiophene rings is 1. The zero-order valence-corrected chi connectivity index (χ0v) is 17.1. The number of rotatable bonds is 4. The van der Waals surface area contributed by atoms with E-state index in [1.54, 1.807) is 4.90 Å². The number of aryl methyl sites for hydroxylation is 1. The van der Waals surface area contributed by atoms with Gasteiger partial charge in [-0.15, -0.1) is 11.3 Å². The molecule has 1 atom stereocenters. The van der Waals surface area contributed by atoms with Gasteiger partial charge in [-0.3, -0.25) is 14.3 Å². The number of aromatic nitrogens is 2. The first kappa shape index (κ1) is 19.0. The molecule has 0 saturated carbocycles. The molecule has 0 aliphatic carbocycles. The predicted molar refractivity (Wildman–Crippen MR) is 111 cm³/mol. The van der Waals surface area contributed by atoms with Gasteiger partial charge in [0.1, 0.15) is 4.83 Å². The minimum absolute atomic E-state index is 0.0455. The van der Waals surface area contributed by atoms with Crippen LogP contribution in [0.5, 0.6) is 0 Å². The molecular weight excluding hydrogens is 396 g/mol. The fourth-order valence-electron chi connectivity index (χ4n) is 3.66. The van der Waals surface area contributed by atoms with E-state index in [0.29, 0.717) is 29.5 Å². The van der Waals surface area contributed by atoms with E-state index in [1.165, 1.54) is 11.3 Å². The third kappa shape index (κ3) is 3.52. The van der Waals surface area contributed by atoms with E-state index in [2.05, 4.69) is 5.10 Å². The fourth-order valence-corrected chi connectivity index (χ4v) is 4.99. The summed E-state index contributed by atoms with van der Waals surface area (Å²) in [6.07, 6.45) is 1.54. The van der Waals surface area contributed by atoms with Gasteiger partial charge in [0.15, 0.2) is 0 Å². The van der Waals surface area contributed by atoms with Crippen LogP contribution < -0.4 is 5.73 Å². The average Bonchev–Trinajstić information content (AvgIpc) is 3.24. The van der Waals surface area contributed by atoms with Gasteiger partial charge in [0.25, 0.3) is 5.91 Å². The van der Waals surface area contributed by atoms with Crippen LogP contribution in [0.2, 0.25) is 5.02 Å². The Balaban J connectivity index is 1.62. The van der Waals surface area contributed by atoms with E-state index < -0.39 is 0 Å². The summed E-state index contributed by atoms with van der Waals surface area (Å²) in [4.78, 5) is 27.9. The number of nitrogens with two attached hydrogens (primary N) is 1. The smallest absolute Gasteiger partial charge is 0.264 e. The topological polar surface area (TPSA) is 81.2 Å². The third-order valence-corrected chi connectivity index (χ3v) is 6.71. The highest BCUT2D eigenvalue weighted by molar-refractivity contribution is 7.20. The number of nitrogens with zero attached hydrogens (tertiary/aromatic N) is 3. The normalized spacial score (nSPS) is 17.2. The molecule has 4 rings (SSSR count). The number of carbonyl (C=O) groups is 2. The minimum Gasteiger partial charge on any atom is -0.369 e. The van der Waals surface area contributed by atoms with Gasteiger partial charge in [-0.2, -0.15) is 5.10 Å². The Morgan fingerprint density at radius 1 is 1.36 bits per heavy atom. The molecule has 3 heterocycles. The monoisotopic (exact) mass is 416 g/mol. The number of benzene rings is 1. The van der Waals surface area contributed by atoms with Crippen molar-refractivity contribution in [2.24, 2.45) is 11.7 Å². The fraction of sp³-hybridized carbons (Fsp3) is 0.350. The van der Waals surface area contributed by atoms with Crippen LogP contribution in [0, 0.1) is 12.8 Å². The molecule has 0 bridgehead atoms. The molecule has 2 aromatic heterocycles. The molecule has 3 aromatic rings. The lowest BCUT2D eigenvalue weighted by Crippen LogP contribution is -2.43. The molecule has 8 heteroatoms. The largest absolute Gasteiger partial charge is 0.369 e. The van der Waals surface area contributed by atoms with Gasteiger partial charge in [0, 0.05) is 23.5 Å². The molecule has 6 nitrogen and oxygen atoms in total. The number of fused-ring (bicyclic) bond motifs is 1. The van der Waals surface area contributed by atoms with Crippen LogP contribution in [-0.2, 0) is 11.3 Å². The number of hydrogen-bond acceptors (Lipinski definition) is 4. The summed E-state index contributed by atoms with van der Waals surface area (Å²) < 4.78 is 1.90. The second kappa shape index (κ2) is 7.56. The third-order valence-electron chi connectivity index (χ3n) is 5.21. The number of halogens is 1. The molecule has 2 amide bonds. The lowest BCUT2D eigenvalue weighted by Gasteiger charge is -2.30. The van der Waals surface area contributed by atoms with E-state index >= 15 is 0 Å². The Labute approximate surface area is 171 Å². The summed E-state index contributed by atoms with van der Waals surface area (Å²) in [6, 6.07) is 9.59. The van der Waals surface area contributed by atoms with Crippen LogP contribution in [0.3, 0.4) is 0 Å². The second-order valence-corrected chi connectivity index (χ2v) is 8.59. The van der Waals surface area contributed by atoms with Gasteiger partial charge in [-0.25, -0.2) is 0 Å². The molecule has 2 N–H and O–H groups in total. The summed E-state index contributed by atoms with van der Waals surface area (Å²) in [5, 5.41) is 6.29. The summed E-state index contributed by atoms with van der Waals surface area (Å²) in [5.41, 5.74) is 7.30. The van der Waals surface area contributed by atoms with Gasteiger partial charge < -0.3 is 10.6 Å². The van der Waals surface area contributed by atoms with Gasteiger partial charge in [-0.05, 0) is 37.5 Å². The van der Waals surface area contributed by atoms with Crippen molar-refractivity contribution >= 4 is 45.0 Å². The van der Waals surface area contributed by atoms with Crippen LogP contribution >= 0.6 is 22.9 Å². The minimum atomic E-state index is -0.333. The Kier molecular flexibility index (Phi) is 5.12. The number of piperidine rings is 1. The molecule has 28 heavy (non-hydrogen) atoms. The summed E-state index contributed by atoms with van der Waals surface area (Å²) in [7, 11) is 0. The zero-order chi connectivity index (χ0) is 19.8. The maximum absolute atomic E-state index is 13.0. The molecule has 1 aliphatic heterocycles. The molecular formula is C20H21ClN4O2S. The summed E-state index contributed by atoms with van der Waals surface area (Å²) >= 11 is 7.72. The first-order chi connectivity index (χ1) is 13.4. The van der Waals surface area contributed by atoms with Crippen LogP contribution in [0.1, 0.15) is 33.8 Å². The van der Waals surface area contributed by atoms with E-state index in [0.717, 1.165) is 34.3 Å². The van der Waals surface area contributed by atoms with Crippen molar-refractivity contribution < 1.29 is 9.59 Å². The average molecular weight is 417 g/mol. The molecule has 146 valence electrons. The first-order valence-corrected chi connectivity index (χ1v) is 10.4. The van der Waals surface area contributed by atoms with Crippen molar-refractivity contribution in [1.29, 1.82) is 0 Å². The highest BCUT2D eigenvalue weighted by Crippen LogP contribution is 2.31. The van der Waals surface area contributed by atoms with Gasteiger partial charge in [0.2, 0.25) is 5.91 Å². The second-order valence-electron chi connectivity index (χ2n) is 7.16. The maximum Gasteiger partial charge on any atom is 0.264 e. The van der Waals surface area contributed by atoms with E-state index in [1.807, 2.05) is 41.9 Å². The van der Waals surface area contributed by atoms with E-state index in [-0.39, 0.29) is 17.7 Å². The van der Waals surface area contributed by atoms with Gasteiger partial charge in [0.05, 0.1) is 23.0 Å². The number of likely N-dealkylation sites (tertiary alicyclic amines) is 1.